The minimum atomic E-state index is -0.749. The number of phenolic OH excluding ortho intramolecular Hbond substituents is 1. The molecule has 0 aromatic heterocycles. The maximum atomic E-state index is 11.8. The Morgan fingerprint density at radius 3 is 2.33 bits per heavy atom. The SMILES string of the molecule is CC(C)(C)OC(=O)N[C@@H](Cc1ccc(O)cc1)C(=O)NI. The second kappa shape index (κ2) is 7.48. The molecule has 2 amide bonds. The molecule has 0 fully saturated rings. The fourth-order valence-corrected chi connectivity index (χ4v) is 1.97. The highest BCUT2D eigenvalue weighted by molar-refractivity contribution is 14.1. The van der Waals surface area contributed by atoms with Gasteiger partial charge in [-0.1, -0.05) is 12.1 Å². The van der Waals surface area contributed by atoms with E-state index < -0.39 is 17.7 Å². The van der Waals surface area contributed by atoms with Crippen LogP contribution < -0.4 is 8.85 Å². The molecule has 0 radical (unpaired) electrons. The molecule has 6 nitrogen and oxygen atoms in total. The average molecular weight is 406 g/mol. The van der Waals surface area contributed by atoms with Crippen LogP contribution in [-0.2, 0) is 16.0 Å². The number of carbonyl (C=O) groups is 2. The van der Waals surface area contributed by atoms with Gasteiger partial charge in [-0.15, -0.1) is 0 Å². The van der Waals surface area contributed by atoms with Gasteiger partial charge in [0.1, 0.15) is 17.4 Å². The topological polar surface area (TPSA) is 87.7 Å². The third-order valence-corrected chi connectivity index (χ3v) is 3.01. The molecule has 0 heterocycles. The highest BCUT2D eigenvalue weighted by Crippen LogP contribution is 2.12. The maximum Gasteiger partial charge on any atom is 0.408 e. The molecule has 3 N–H and O–H groups in total. The van der Waals surface area contributed by atoms with E-state index in [0.717, 1.165) is 5.56 Å². The molecule has 1 aromatic carbocycles. The van der Waals surface area contributed by atoms with Crippen LogP contribution in [0.2, 0.25) is 0 Å². The van der Waals surface area contributed by atoms with Crippen molar-refractivity contribution in [3.8, 4) is 5.75 Å². The predicted molar refractivity (Wildman–Crippen MR) is 87.1 cm³/mol. The first-order valence-corrected chi connectivity index (χ1v) is 7.47. The van der Waals surface area contributed by atoms with Crippen LogP contribution in [0.25, 0.3) is 0 Å². The highest BCUT2D eigenvalue weighted by atomic mass is 127. The van der Waals surface area contributed by atoms with Gasteiger partial charge in [0, 0.05) is 6.42 Å². The van der Waals surface area contributed by atoms with E-state index in [9.17, 15) is 14.7 Å². The molecule has 0 spiro atoms. The van der Waals surface area contributed by atoms with E-state index in [1.54, 1.807) is 55.8 Å². The zero-order valence-corrected chi connectivity index (χ0v) is 14.3. The summed E-state index contributed by atoms with van der Waals surface area (Å²) in [5, 5.41) is 11.8. The van der Waals surface area contributed by atoms with Gasteiger partial charge in [-0.2, -0.15) is 0 Å². The molecule has 1 rings (SSSR count). The third-order valence-electron chi connectivity index (χ3n) is 2.48. The van der Waals surface area contributed by atoms with Gasteiger partial charge in [0.2, 0.25) is 0 Å². The van der Waals surface area contributed by atoms with Crippen molar-refractivity contribution in [1.29, 1.82) is 0 Å². The Morgan fingerprint density at radius 1 is 1.29 bits per heavy atom. The summed E-state index contributed by atoms with van der Waals surface area (Å²) in [5.41, 5.74) is 0.183. The molecule has 0 aliphatic heterocycles. The second-order valence-electron chi connectivity index (χ2n) is 5.53. The number of rotatable bonds is 4. The van der Waals surface area contributed by atoms with Crippen LogP contribution in [0.5, 0.6) is 5.75 Å². The van der Waals surface area contributed by atoms with E-state index in [2.05, 4.69) is 8.85 Å². The molecule has 0 saturated heterocycles. The molecule has 1 atom stereocenters. The smallest absolute Gasteiger partial charge is 0.408 e. The lowest BCUT2D eigenvalue weighted by atomic mass is 10.1. The molecule has 0 aliphatic carbocycles. The molecule has 0 bridgehead atoms. The van der Waals surface area contributed by atoms with Crippen LogP contribution in [0.3, 0.4) is 0 Å². The number of halogens is 1. The fourth-order valence-electron chi connectivity index (χ4n) is 1.59. The monoisotopic (exact) mass is 406 g/mol. The fraction of sp³-hybridized carbons (Fsp3) is 0.429. The Morgan fingerprint density at radius 2 is 1.86 bits per heavy atom. The number of phenols is 1. The minimum Gasteiger partial charge on any atom is -0.508 e. The summed E-state index contributed by atoms with van der Waals surface area (Å²) in [7, 11) is 0. The van der Waals surface area contributed by atoms with E-state index in [1.807, 2.05) is 0 Å². The highest BCUT2D eigenvalue weighted by Gasteiger charge is 2.24. The first-order chi connectivity index (χ1) is 9.71. The van der Waals surface area contributed by atoms with Crippen LogP contribution in [-0.4, -0.2) is 28.7 Å². The van der Waals surface area contributed by atoms with Crippen LogP contribution in [0.15, 0.2) is 24.3 Å². The lowest BCUT2D eigenvalue weighted by molar-refractivity contribution is -0.120. The Labute approximate surface area is 137 Å². The van der Waals surface area contributed by atoms with Crippen molar-refractivity contribution < 1.29 is 19.4 Å². The van der Waals surface area contributed by atoms with E-state index in [-0.39, 0.29) is 11.7 Å². The van der Waals surface area contributed by atoms with Crippen LogP contribution >= 0.6 is 22.9 Å². The number of nitrogens with one attached hydrogen (secondary N) is 2. The second-order valence-corrected chi connectivity index (χ2v) is 6.07. The zero-order valence-electron chi connectivity index (χ0n) is 12.1. The van der Waals surface area contributed by atoms with E-state index in [1.165, 1.54) is 12.1 Å². The molecule has 0 aliphatic rings. The molecule has 116 valence electrons. The molecule has 0 unspecified atom stereocenters. The van der Waals surface area contributed by atoms with Crippen LogP contribution in [0.1, 0.15) is 26.3 Å². The Bertz CT molecular complexity index is 497. The molecule has 0 saturated carbocycles. The van der Waals surface area contributed by atoms with Crippen molar-refractivity contribution in [3.05, 3.63) is 29.8 Å². The van der Waals surface area contributed by atoms with E-state index in [0.29, 0.717) is 6.42 Å². The summed E-state index contributed by atoms with van der Waals surface area (Å²) in [4.78, 5) is 23.6. The van der Waals surface area contributed by atoms with Gasteiger partial charge in [0.15, 0.2) is 0 Å². The first kappa shape index (κ1) is 17.5. The van der Waals surface area contributed by atoms with Crippen molar-refractivity contribution in [2.75, 3.05) is 0 Å². The first-order valence-electron chi connectivity index (χ1n) is 6.39. The van der Waals surface area contributed by atoms with Crippen LogP contribution in [0.4, 0.5) is 4.79 Å². The number of ether oxygens (including phenoxy) is 1. The van der Waals surface area contributed by atoms with Crippen molar-refractivity contribution in [2.24, 2.45) is 0 Å². The van der Waals surface area contributed by atoms with Crippen LogP contribution in [0, 0.1) is 0 Å². The van der Waals surface area contributed by atoms with Gasteiger partial charge in [0.05, 0.1) is 22.9 Å². The molecule has 7 heteroatoms. The Hall–Kier alpha value is -1.51. The third kappa shape index (κ3) is 6.65. The molecular weight excluding hydrogens is 387 g/mol. The number of hydrogen-bond acceptors (Lipinski definition) is 4. The summed E-state index contributed by atoms with van der Waals surface area (Å²) in [6.07, 6.45) is -0.347. The lowest BCUT2D eigenvalue weighted by Crippen LogP contribution is -2.47. The molecule has 1 aromatic rings. The summed E-state index contributed by atoms with van der Waals surface area (Å²) in [6.45, 7) is 5.25. The van der Waals surface area contributed by atoms with Gasteiger partial charge in [-0.25, -0.2) is 4.79 Å². The van der Waals surface area contributed by atoms with Crippen molar-refractivity contribution >= 4 is 34.9 Å². The van der Waals surface area contributed by atoms with E-state index >= 15 is 0 Å². The number of alkyl carbamates (subject to hydrolysis) is 1. The zero-order chi connectivity index (χ0) is 16.0. The Balaban J connectivity index is 2.74. The molecular formula is C14H19IN2O4. The predicted octanol–water partition coefficient (Wildman–Crippen LogP) is 2.29. The minimum absolute atomic E-state index is 0.147. The standard InChI is InChI=1S/C14H19IN2O4/c1-14(2,3)21-13(20)16-11(12(19)17-15)8-9-4-6-10(18)7-5-9/h4-7,11,18H,8H2,1-3H3,(H,16,20)(H,17,19)/t11-/m0/s1. The van der Waals surface area contributed by atoms with Crippen molar-refractivity contribution in [2.45, 2.75) is 38.8 Å². The van der Waals surface area contributed by atoms with E-state index in [4.69, 9.17) is 4.74 Å². The number of carbonyl (C=O) groups excluding carboxylic acids is 2. The Kier molecular flexibility index (Phi) is 6.25. The maximum absolute atomic E-state index is 11.8. The summed E-state index contributed by atoms with van der Waals surface area (Å²) in [6, 6.07) is 5.70. The quantitative estimate of drug-likeness (QED) is 0.529. The van der Waals surface area contributed by atoms with Gasteiger partial charge in [0.25, 0.3) is 5.91 Å². The normalized spacial score (nSPS) is 12.4. The summed E-state index contributed by atoms with van der Waals surface area (Å²) >= 11 is 1.72. The van der Waals surface area contributed by atoms with Gasteiger partial charge >= 0.3 is 6.09 Å². The van der Waals surface area contributed by atoms with Crippen molar-refractivity contribution in [3.63, 3.8) is 0 Å². The van der Waals surface area contributed by atoms with Crippen molar-refractivity contribution in [1.82, 2.24) is 8.85 Å². The number of benzene rings is 1. The van der Waals surface area contributed by atoms with Gasteiger partial charge in [-0.3, -0.25) is 8.32 Å². The van der Waals surface area contributed by atoms with Gasteiger partial charge in [-0.05, 0) is 38.5 Å². The van der Waals surface area contributed by atoms with Gasteiger partial charge < -0.3 is 15.2 Å². The number of amides is 2. The summed E-state index contributed by atoms with van der Waals surface area (Å²) in [5.74, 6) is -0.178. The number of hydrogen-bond donors (Lipinski definition) is 3. The lowest BCUT2D eigenvalue weighted by Gasteiger charge is -2.22. The molecule has 21 heavy (non-hydrogen) atoms. The largest absolute Gasteiger partial charge is 0.508 e. The number of aromatic hydroxyl groups is 1. The summed E-state index contributed by atoms with van der Waals surface area (Å²) < 4.78 is 7.62. The average Bonchev–Trinajstić information content (AvgIpc) is 2.37.